The van der Waals surface area contributed by atoms with Gasteiger partial charge in [-0.2, -0.15) is 0 Å². The number of benzene rings is 2. The third-order valence-electron chi connectivity index (χ3n) is 6.16. The number of nitrogens with zero attached hydrogens (tertiary/aromatic N) is 2. The van der Waals surface area contributed by atoms with Crippen molar-refractivity contribution in [1.29, 1.82) is 0 Å². The Kier molecular flexibility index (Phi) is 7.57. The van der Waals surface area contributed by atoms with Crippen molar-refractivity contribution in [3.05, 3.63) is 65.2 Å². The molecule has 2 aliphatic heterocycles. The van der Waals surface area contributed by atoms with Crippen molar-refractivity contribution < 1.29 is 14.6 Å². The lowest BCUT2D eigenvalue weighted by molar-refractivity contribution is -0.120. The topological polar surface area (TPSA) is 65.0 Å². The quantitative estimate of drug-likeness (QED) is 0.712. The Hall–Kier alpha value is -2.41. The summed E-state index contributed by atoms with van der Waals surface area (Å²) in [5.41, 5.74) is 4.06. The molecular weight excluding hydrogens is 390 g/mol. The lowest BCUT2D eigenvalue weighted by Crippen LogP contribution is -2.37. The largest absolute Gasteiger partial charge is 0.491 e. The highest BCUT2D eigenvalue weighted by molar-refractivity contribution is 5.76. The molecule has 0 spiro atoms. The maximum absolute atomic E-state index is 11.5. The molecule has 6 heteroatoms. The van der Waals surface area contributed by atoms with Gasteiger partial charge in [-0.05, 0) is 41.7 Å². The molecule has 2 aliphatic rings. The van der Waals surface area contributed by atoms with E-state index in [0.717, 1.165) is 51.3 Å². The van der Waals surface area contributed by atoms with Crippen LogP contribution in [0.25, 0.3) is 0 Å². The number of amides is 1. The van der Waals surface area contributed by atoms with Gasteiger partial charge in [0.15, 0.2) is 0 Å². The molecule has 0 radical (unpaired) electrons. The Morgan fingerprint density at radius 1 is 0.903 bits per heavy atom. The summed E-state index contributed by atoms with van der Waals surface area (Å²) >= 11 is 0. The molecule has 1 amide bonds. The number of hydrogen-bond donors (Lipinski definition) is 2. The number of β-amino-alcohol motifs (C(OH)–C–C–N with tert-alkyl or cyclic N) is 1. The van der Waals surface area contributed by atoms with Gasteiger partial charge in [-0.3, -0.25) is 14.6 Å². The van der Waals surface area contributed by atoms with Crippen molar-refractivity contribution >= 4 is 5.91 Å². The van der Waals surface area contributed by atoms with Crippen molar-refractivity contribution in [2.45, 2.75) is 31.9 Å². The van der Waals surface area contributed by atoms with Gasteiger partial charge in [-0.1, -0.05) is 36.4 Å². The molecule has 2 aromatic rings. The van der Waals surface area contributed by atoms with E-state index < -0.39 is 6.10 Å². The number of aliphatic hydroxyl groups is 1. The molecule has 1 saturated heterocycles. The van der Waals surface area contributed by atoms with Crippen LogP contribution in [0.15, 0.2) is 48.5 Å². The summed E-state index contributed by atoms with van der Waals surface area (Å²) in [5, 5.41) is 13.4. The summed E-state index contributed by atoms with van der Waals surface area (Å²) < 4.78 is 5.84. The molecule has 0 bridgehead atoms. The molecule has 0 aliphatic carbocycles. The number of nitrogens with one attached hydrogen (secondary N) is 1. The molecule has 1 fully saturated rings. The van der Waals surface area contributed by atoms with E-state index in [1.807, 2.05) is 12.1 Å². The fraction of sp³-hybridized carbons (Fsp3) is 0.480. The minimum Gasteiger partial charge on any atom is -0.491 e. The first-order valence-electron chi connectivity index (χ1n) is 11.3. The Labute approximate surface area is 184 Å². The molecule has 2 N–H and O–H groups in total. The van der Waals surface area contributed by atoms with Crippen LogP contribution in [0.5, 0.6) is 5.75 Å². The summed E-state index contributed by atoms with van der Waals surface area (Å²) in [5.74, 6) is 0.910. The van der Waals surface area contributed by atoms with E-state index in [1.165, 1.54) is 16.7 Å². The maximum Gasteiger partial charge on any atom is 0.221 e. The van der Waals surface area contributed by atoms with Crippen LogP contribution in [-0.2, 0) is 24.2 Å². The van der Waals surface area contributed by atoms with Gasteiger partial charge in [0, 0.05) is 52.2 Å². The Bertz CT molecular complexity index is 828. The number of ether oxygens (including phenoxy) is 1. The van der Waals surface area contributed by atoms with E-state index in [0.29, 0.717) is 26.1 Å². The Morgan fingerprint density at radius 2 is 1.58 bits per heavy atom. The number of carbonyl (C=O) groups is 1. The first kappa shape index (κ1) is 21.8. The molecule has 0 aromatic heterocycles. The monoisotopic (exact) mass is 423 g/mol. The van der Waals surface area contributed by atoms with Gasteiger partial charge < -0.3 is 15.2 Å². The molecule has 4 rings (SSSR count). The summed E-state index contributed by atoms with van der Waals surface area (Å²) in [6.07, 6.45) is 2.11. The molecule has 6 nitrogen and oxygen atoms in total. The second kappa shape index (κ2) is 10.8. The van der Waals surface area contributed by atoms with Crippen LogP contribution in [0.3, 0.4) is 0 Å². The second-order valence-corrected chi connectivity index (χ2v) is 8.55. The zero-order chi connectivity index (χ0) is 21.5. The summed E-state index contributed by atoms with van der Waals surface area (Å²) in [6, 6.07) is 16.7. The van der Waals surface area contributed by atoms with Gasteiger partial charge in [-0.15, -0.1) is 0 Å². The van der Waals surface area contributed by atoms with Crippen molar-refractivity contribution in [1.82, 2.24) is 15.1 Å². The van der Waals surface area contributed by atoms with Crippen LogP contribution in [0.4, 0.5) is 0 Å². The third-order valence-corrected chi connectivity index (χ3v) is 6.16. The van der Waals surface area contributed by atoms with Gasteiger partial charge >= 0.3 is 0 Å². The van der Waals surface area contributed by atoms with Crippen LogP contribution in [0.2, 0.25) is 0 Å². The average Bonchev–Trinajstić information content (AvgIpc) is 3.12. The van der Waals surface area contributed by atoms with Crippen molar-refractivity contribution in [2.24, 2.45) is 0 Å². The molecule has 1 atom stereocenters. The Balaban J connectivity index is 1.20. The van der Waals surface area contributed by atoms with Gasteiger partial charge in [0.25, 0.3) is 0 Å². The van der Waals surface area contributed by atoms with Gasteiger partial charge in [0.05, 0.1) is 0 Å². The van der Waals surface area contributed by atoms with E-state index >= 15 is 0 Å². The number of rotatable bonds is 7. The fourth-order valence-electron chi connectivity index (χ4n) is 4.36. The molecule has 0 saturated carbocycles. The summed E-state index contributed by atoms with van der Waals surface area (Å²) in [4.78, 5) is 16.1. The number of carbonyl (C=O) groups excluding carboxylic acids is 1. The highest BCUT2D eigenvalue weighted by Crippen LogP contribution is 2.17. The van der Waals surface area contributed by atoms with Gasteiger partial charge in [0.2, 0.25) is 5.91 Å². The van der Waals surface area contributed by atoms with E-state index in [-0.39, 0.29) is 5.91 Å². The average molecular weight is 424 g/mol. The Morgan fingerprint density at radius 3 is 2.29 bits per heavy atom. The van der Waals surface area contributed by atoms with Gasteiger partial charge in [0.1, 0.15) is 18.5 Å². The van der Waals surface area contributed by atoms with E-state index in [9.17, 15) is 9.90 Å². The predicted octanol–water partition coefficient (Wildman–Crippen LogP) is 1.85. The molecule has 2 aromatic carbocycles. The summed E-state index contributed by atoms with van der Waals surface area (Å²) in [7, 11) is 0. The summed E-state index contributed by atoms with van der Waals surface area (Å²) in [6.45, 7) is 6.07. The lowest BCUT2D eigenvalue weighted by Gasteiger charge is -2.23. The van der Waals surface area contributed by atoms with E-state index in [4.69, 9.17) is 4.74 Å². The predicted molar refractivity (Wildman–Crippen MR) is 121 cm³/mol. The van der Waals surface area contributed by atoms with Crippen molar-refractivity contribution in [3.8, 4) is 5.75 Å². The zero-order valence-electron chi connectivity index (χ0n) is 18.1. The first-order chi connectivity index (χ1) is 15.2. The minimum atomic E-state index is -0.511. The number of fused-ring (bicyclic) bond motifs is 1. The van der Waals surface area contributed by atoms with Crippen molar-refractivity contribution in [3.63, 3.8) is 0 Å². The molecule has 166 valence electrons. The molecule has 2 heterocycles. The fourth-order valence-corrected chi connectivity index (χ4v) is 4.36. The van der Waals surface area contributed by atoms with Gasteiger partial charge in [-0.25, -0.2) is 0 Å². The zero-order valence-corrected chi connectivity index (χ0v) is 18.1. The normalized spacial score (nSPS) is 19.1. The molecular formula is C25H33N3O3. The lowest BCUT2D eigenvalue weighted by atomic mass is 10.0. The molecule has 31 heavy (non-hydrogen) atoms. The van der Waals surface area contributed by atoms with Crippen LogP contribution in [0.1, 0.15) is 23.1 Å². The van der Waals surface area contributed by atoms with Crippen LogP contribution in [-0.4, -0.2) is 72.8 Å². The van der Waals surface area contributed by atoms with E-state index in [1.54, 1.807) is 0 Å². The first-order valence-corrected chi connectivity index (χ1v) is 11.3. The van der Waals surface area contributed by atoms with Crippen molar-refractivity contribution in [2.75, 3.05) is 45.9 Å². The minimum absolute atomic E-state index is 0.134. The van der Waals surface area contributed by atoms with Crippen LogP contribution >= 0.6 is 0 Å². The van der Waals surface area contributed by atoms with Crippen LogP contribution in [0, 0.1) is 0 Å². The van der Waals surface area contributed by atoms with E-state index in [2.05, 4.69) is 51.5 Å². The highest BCUT2D eigenvalue weighted by Gasteiger charge is 2.17. The number of hydrogen-bond acceptors (Lipinski definition) is 5. The standard InChI is InChI=1S/C25H33N3O3/c29-23(18-27-13-9-21-3-1-2-4-22(21)10-14-27)19-31-24-7-5-20(6-8-24)17-28-15-11-25(30)26-12-16-28/h1-8,23,29H,9-19H2,(H,26,30). The maximum atomic E-state index is 11.5. The molecule has 1 unspecified atom stereocenters. The highest BCUT2D eigenvalue weighted by atomic mass is 16.5. The number of aliphatic hydroxyl groups excluding tert-OH is 1. The third kappa shape index (κ3) is 6.53. The SMILES string of the molecule is O=C1CCN(Cc2ccc(OCC(O)CN3CCc4ccccc4CC3)cc2)CCN1. The smallest absolute Gasteiger partial charge is 0.221 e. The van der Waals surface area contributed by atoms with Crippen LogP contribution < -0.4 is 10.1 Å². The second-order valence-electron chi connectivity index (χ2n) is 8.55.